The minimum atomic E-state index is -3.85. The molecule has 0 aliphatic heterocycles. The molecule has 7 nitrogen and oxygen atoms in total. The molecule has 0 fully saturated rings. The maximum Gasteiger partial charge on any atom is 0.261 e. The number of carbonyl (C=O) groups is 1. The first-order valence-corrected chi connectivity index (χ1v) is 10.8. The lowest BCUT2D eigenvalue weighted by Gasteiger charge is -2.14. The molecule has 1 heterocycles. The summed E-state index contributed by atoms with van der Waals surface area (Å²) in [6.45, 7) is 2.23. The Labute approximate surface area is 176 Å². The van der Waals surface area contributed by atoms with E-state index < -0.39 is 15.9 Å². The van der Waals surface area contributed by atoms with E-state index in [2.05, 4.69) is 15.0 Å². The number of methoxy groups -OCH3 is 1. The van der Waals surface area contributed by atoms with E-state index in [-0.39, 0.29) is 16.1 Å². The highest BCUT2D eigenvalue weighted by Crippen LogP contribution is 2.25. The number of sulfonamides is 1. The number of pyridine rings is 1. The van der Waals surface area contributed by atoms with E-state index in [0.29, 0.717) is 18.7 Å². The van der Waals surface area contributed by atoms with Crippen LogP contribution in [0.2, 0.25) is 0 Å². The Hall–Kier alpha value is -3.39. The molecule has 0 atom stereocenters. The number of rotatable bonds is 8. The second-order valence-electron chi connectivity index (χ2n) is 6.66. The van der Waals surface area contributed by atoms with Crippen LogP contribution in [0.15, 0.2) is 71.8 Å². The highest BCUT2D eigenvalue weighted by Gasteiger charge is 2.19. The van der Waals surface area contributed by atoms with Gasteiger partial charge in [0.25, 0.3) is 15.9 Å². The molecular weight excluding hydrogens is 402 g/mol. The van der Waals surface area contributed by atoms with E-state index >= 15 is 0 Å². The van der Waals surface area contributed by atoms with Gasteiger partial charge in [0.1, 0.15) is 5.75 Å². The summed E-state index contributed by atoms with van der Waals surface area (Å²) in [5, 5.41) is 2.80. The van der Waals surface area contributed by atoms with Crippen LogP contribution in [0, 0.1) is 6.92 Å². The first kappa shape index (κ1) is 21.3. The number of hydrogen-bond acceptors (Lipinski definition) is 5. The first-order valence-electron chi connectivity index (χ1n) is 9.35. The van der Waals surface area contributed by atoms with Crippen molar-refractivity contribution in [2.75, 3.05) is 18.4 Å². The highest BCUT2D eigenvalue weighted by molar-refractivity contribution is 7.92. The number of amides is 1. The summed E-state index contributed by atoms with van der Waals surface area (Å²) >= 11 is 0. The summed E-state index contributed by atoms with van der Waals surface area (Å²) in [7, 11) is -2.37. The topological polar surface area (TPSA) is 97.4 Å². The Morgan fingerprint density at radius 3 is 2.50 bits per heavy atom. The fourth-order valence-corrected chi connectivity index (χ4v) is 3.87. The van der Waals surface area contributed by atoms with Crippen LogP contribution in [0.5, 0.6) is 5.75 Å². The van der Waals surface area contributed by atoms with Crippen molar-refractivity contribution in [2.24, 2.45) is 0 Å². The van der Waals surface area contributed by atoms with Gasteiger partial charge in [0.2, 0.25) is 0 Å². The number of ether oxygens (including phenoxy) is 1. The molecule has 0 aliphatic carbocycles. The number of hydrogen-bond donors (Lipinski definition) is 2. The monoisotopic (exact) mass is 425 g/mol. The molecule has 156 valence electrons. The normalized spacial score (nSPS) is 11.0. The molecule has 2 aromatic carbocycles. The van der Waals surface area contributed by atoms with Crippen LogP contribution in [-0.2, 0) is 16.4 Å². The quantitative estimate of drug-likeness (QED) is 0.578. The van der Waals surface area contributed by atoms with Gasteiger partial charge < -0.3 is 10.1 Å². The number of nitrogens with zero attached hydrogens (tertiary/aromatic N) is 1. The van der Waals surface area contributed by atoms with Crippen molar-refractivity contribution in [3.63, 3.8) is 0 Å². The number of anilines is 1. The number of aryl methyl sites for hydroxylation is 1. The van der Waals surface area contributed by atoms with Crippen molar-refractivity contribution in [3.05, 3.63) is 83.7 Å². The molecule has 0 saturated heterocycles. The second kappa shape index (κ2) is 9.41. The lowest BCUT2D eigenvalue weighted by Crippen LogP contribution is -2.27. The zero-order valence-electron chi connectivity index (χ0n) is 16.8. The maximum atomic E-state index is 12.8. The van der Waals surface area contributed by atoms with Crippen molar-refractivity contribution >= 4 is 21.6 Å². The minimum absolute atomic E-state index is 0.116. The molecule has 30 heavy (non-hydrogen) atoms. The molecule has 3 rings (SSSR count). The van der Waals surface area contributed by atoms with E-state index in [1.165, 1.54) is 31.4 Å². The van der Waals surface area contributed by atoms with Gasteiger partial charge in [-0.15, -0.1) is 0 Å². The molecule has 0 saturated carbocycles. The zero-order valence-corrected chi connectivity index (χ0v) is 17.6. The second-order valence-corrected chi connectivity index (χ2v) is 8.34. The van der Waals surface area contributed by atoms with Gasteiger partial charge in [-0.3, -0.25) is 14.5 Å². The molecule has 3 aromatic rings. The van der Waals surface area contributed by atoms with E-state index in [9.17, 15) is 13.2 Å². The minimum Gasteiger partial charge on any atom is -0.497 e. The lowest BCUT2D eigenvalue weighted by atomic mass is 10.1. The van der Waals surface area contributed by atoms with Crippen molar-refractivity contribution in [3.8, 4) is 5.75 Å². The Balaban J connectivity index is 1.79. The maximum absolute atomic E-state index is 12.8. The van der Waals surface area contributed by atoms with Crippen LogP contribution in [0.4, 0.5) is 5.69 Å². The van der Waals surface area contributed by atoms with E-state index in [1.807, 2.05) is 25.1 Å². The van der Waals surface area contributed by atoms with Crippen molar-refractivity contribution in [1.29, 1.82) is 0 Å². The van der Waals surface area contributed by atoms with E-state index in [0.717, 1.165) is 11.3 Å². The number of nitrogens with one attached hydrogen (secondary N) is 2. The van der Waals surface area contributed by atoms with Crippen molar-refractivity contribution in [2.45, 2.75) is 18.2 Å². The summed E-state index contributed by atoms with van der Waals surface area (Å²) in [6.07, 6.45) is 2.25. The van der Waals surface area contributed by atoms with E-state index in [4.69, 9.17) is 4.74 Å². The Kier molecular flexibility index (Phi) is 6.68. The van der Waals surface area contributed by atoms with Gasteiger partial charge in [-0.1, -0.05) is 23.8 Å². The molecule has 1 amide bonds. The van der Waals surface area contributed by atoms with Gasteiger partial charge >= 0.3 is 0 Å². The summed E-state index contributed by atoms with van der Waals surface area (Å²) in [4.78, 5) is 17.1. The van der Waals surface area contributed by atoms with Gasteiger partial charge in [0.15, 0.2) is 0 Å². The van der Waals surface area contributed by atoms with Crippen LogP contribution >= 0.6 is 0 Å². The average Bonchev–Trinajstić information content (AvgIpc) is 2.75. The van der Waals surface area contributed by atoms with Gasteiger partial charge in [0, 0.05) is 24.9 Å². The molecule has 2 N–H and O–H groups in total. The summed E-state index contributed by atoms with van der Waals surface area (Å²) in [5.74, 6) is 0.0367. The predicted octanol–water partition coefficient (Wildman–Crippen LogP) is 3.17. The lowest BCUT2D eigenvalue weighted by molar-refractivity contribution is 0.0954. The van der Waals surface area contributed by atoms with Gasteiger partial charge in [0.05, 0.1) is 23.3 Å². The third-order valence-electron chi connectivity index (χ3n) is 4.44. The van der Waals surface area contributed by atoms with Crippen LogP contribution in [0.25, 0.3) is 0 Å². The smallest absolute Gasteiger partial charge is 0.261 e. The number of aromatic nitrogens is 1. The number of benzene rings is 2. The fraction of sp³-hybridized carbons (Fsp3) is 0.182. The molecule has 0 radical (unpaired) electrons. The Morgan fingerprint density at radius 1 is 1.07 bits per heavy atom. The molecule has 0 aliphatic rings. The summed E-state index contributed by atoms with van der Waals surface area (Å²) in [5.41, 5.74) is 2.15. The average molecular weight is 426 g/mol. The van der Waals surface area contributed by atoms with E-state index in [1.54, 1.807) is 24.4 Å². The van der Waals surface area contributed by atoms with Crippen molar-refractivity contribution < 1.29 is 17.9 Å². The predicted molar refractivity (Wildman–Crippen MR) is 115 cm³/mol. The van der Waals surface area contributed by atoms with Gasteiger partial charge in [-0.05, 0) is 49.4 Å². The van der Waals surface area contributed by atoms with Gasteiger partial charge in [-0.2, -0.15) is 0 Å². The Morgan fingerprint density at radius 2 is 1.83 bits per heavy atom. The number of carbonyl (C=O) groups excluding carboxylic acids is 1. The van der Waals surface area contributed by atoms with Crippen LogP contribution < -0.4 is 14.8 Å². The highest BCUT2D eigenvalue weighted by atomic mass is 32.2. The Bertz CT molecular complexity index is 1110. The first-order chi connectivity index (χ1) is 14.4. The third-order valence-corrected chi connectivity index (χ3v) is 5.82. The summed E-state index contributed by atoms with van der Waals surface area (Å²) < 4.78 is 33.2. The molecular formula is C22H23N3O4S. The third kappa shape index (κ3) is 5.36. The van der Waals surface area contributed by atoms with Crippen LogP contribution in [-0.4, -0.2) is 33.0 Å². The largest absolute Gasteiger partial charge is 0.497 e. The molecule has 0 unspecified atom stereocenters. The summed E-state index contributed by atoms with van der Waals surface area (Å²) in [6, 6.07) is 16.7. The van der Waals surface area contributed by atoms with Crippen LogP contribution in [0.3, 0.4) is 0 Å². The standard InChI is InChI=1S/C22H23N3O4S/c1-16-6-9-19(10-7-16)30(27,28)25-21-11-8-18(29-2)15-20(21)22(26)24-14-12-17-5-3-4-13-23-17/h3-11,13,15,25H,12,14H2,1-2H3,(H,24,26). The zero-order chi connectivity index (χ0) is 21.6. The molecule has 0 bridgehead atoms. The molecule has 8 heteroatoms. The molecule has 0 spiro atoms. The van der Waals surface area contributed by atoms with Gasteiger partial charge in [-0.25, -0.2) is 8.42 Å². The van der Waals surface area contributed by atoms with Crippen LogP contribution in [0.1, 0.15) is 21.6 Å². The fourth-order valence-electron chi connectivity index (χ4n) is 2.79. The molecule has 1 aromatic heterocycles. The van der Waals surface area contributed by atoms with Crippen molar-refractivity contribution in [1.82, 2.24) is 10.3 Å². The SMILES string of the molecule is COc1ccc(NS(=O)(=O)c2ccc(C)cc2)c(C(=O)NCCc2ccccn2)c1.